The fourth-order valence-electron chi connectivity index (χ4n) is 1.65. The molecule has 1 aromatic carbocycles. The summed E-state index contributed by atoms with van der Waals surface area (Å²) in [5, 5.41) is 0. The minimum absolute atomic E-state index is 0.237. The van der Waals surface area contributed by atoms with Crippen molar-refractivity contribution in [1.82, 2.24) is 0 Å². The van der Waals surface area contributed by atoms with Crippen molar-refractivity contribution in [2.24, 2.45) is 5.73 Å². The van der Waals surface area contributed by atoms with E-state index in [1.165, 1.54) is 12.1 Å². The molecule has 1 rings (SSSR count). The van der Waals surface area contributed by atoms with Crippen LogP contribution in [0.2, 0.25) is 0 Å². The first kappa shape index (κ1) is 13.1. The Labute approximate surface area is 96.6 Å². The second-order valence-electron chi connectivity index (χ2n) is 4.03. The van der Waals surface area contributed by atoms with Crippen molar-refractivity contribution in [2.75, 3.05) is 0 Å². The Balaban J connectivity index is 2.59. The normalized spacial score (nSPS) is 12.8. The van der Waals surface area contributed by atoms with Crippen molar-refractivity contribution in [2.45, 2.75) is 45.9 Å². The largest absolute Gasteiger partial charge is 0.374 e. The van der Waals surface area contributed by atoms with E-state index in [9.17, 15) is 4.39 Å². The summed E-state index contributed by atoms with van der Waals surface area (Å²) in [6, 6.07) is 4.67. The van der Waals surface area contributed by atoms with Gasteiger partial charge in [-0.2, -0.15) is 0 Å². The van der Waals surface area contributed by atoms with Crippen LogP contribution in [0.1, 0.15) is 37.8 Å². The van der Waals surface area contributed by atoms with Gasteiger partial charge in [0.25, 0.3) is 0 Å². The zero-order valence-electron chi connectivity index (χ0n) is 10.0. The fraction of sp³-hybridized carbons (Fsp3) is 0.538. The molecule has 0 saturated heterocycles. The van der Waals surface area contributed by atoms with Gasteiger partial charge < -0.3 is 10.5 Å². The molecule has 1 aromatic rings. The Hall–Kier alpha value is -0.930. The SMILES string of the molecule is CCCC(C)OCc1ccc(F)cc1CN. The minimum atomic E-state index is -0.245. The van der Waals surface area contributed by atoms with E-state index in [0.29, 0.717) is 13.2 Å². The lowest BCUT2D eigenvalue weighted by Gasteiger charge is -2.14. The van der Waals surface area contributed by atoms with Gasteiger partial charge in [0.2, 0.25) is 0 Å². The van der Waals surface area contributed by atoms with Crippen LogP contribution in [0.25, 0.3) is 0 Å². The molecule has 0 aliphatic carbocycles. The lowest BCUT2D eigenvalue weighted by molar-refractivity contribution is 0.0468. The van der Waals surface area contributed by atoms with E-state index < -0.39 is 0 Å². The van der Waals surface area contributed by atoms with Crippen LogP contribution < -0.4 is 5.73 Å². The summed E-state index contributed by atoms with van der Waals surface area (Å²) >= 11 is 0. The first-order valence-electron chi connectivity index (χ1n) is 5.76. The highest BCUT2D eigenvalue weighted by atomic mass is 19.1. The Morgan fingerprint density at radius 1 is 1.38 bits per heavy atom. The molecule has 0 aliphatic rings. The monoisotopic (exact) mass is 225 g/mol. The third kappa shape index (κ3) is 3.91. The topological polar surface area (TPSA) is 35.2 Å². The molecule has 0 aromatic heterocycles. The van der Waals surface area contributed by atoms with E-state index in [-0.39, 0.29) is 11.9 Å². The quantitative estimate of drug-likeness (QED) is 0.807. The molecule has 90 valence electrons. The number of benzene rings is 1. The first-order valence-corrected chi connectivity index (χ1v) is 5.76. The van der Waals surface area contributed by atoms with Gasteiger partial charge in [0, 0.05) is 6.54 Å². The number of hydrogen-bond acceptors (Lipinski definition) is 2. The highest BCUT2D eigenvalue weighted by Gasteiger charge is 2.05. The molecule has 0 heterocycles. The van der Waals surface area contributed by atoms with Crippen molar-refractivity contribution in [3.63, 3.8) is 0 Å². The average Bonchev–Trinajstić information content (AvgIpc) is 2.27. The molecule has 0 bridgehead atoms. The molecule has 3 heteroatoms. The Morgan fingerprint density at radius 2 is 2.12 bits per heavy atom. The molecule has 0 saturated carbocycles. The van der Waals surface area contributed by atoms with Gasteiger partial charge >= 0.3 is 0 Å². The van der Waals surface area contributed by atoms with Crippen LogP contribution in [0.5, 0.6) is 0 Å². The van der Waals surface area contributed by atoms with Gasteiger partial charge in [-0.3, -0.25) is 0 Å². The van der Waals surface area contributed by atoms with Crippen LogP contribution in [-0.2, 0) is 17.9 Å². The molecule has 0 radical (unpaired) electrons. The lowest BCUT2D eigenvalue weighted by atomic mass is 10.1. The molecule has 0 fully saturated rings. The first-order chi connectivity index (χ1) is 7.67. The average molecular weight is 225 g/mol. The summed E-state index contributed by atoms with van der Waals surface area (Å²) in [5.41, 5.74) is 7.36. The van der Waals surface area contributed by atoms with Crippen molar-refractivity contribution in [1.29, 1.82) is 0 Å². The van der Waals surface area contributed by atoms with Gasteiger partial charge in [0.1, 0.15) is 5.82 Å². The number of ether oxygens (including phenoxy) is 1. The minimum Gasteiger partial charge on any atom is -0.374 e. The van der Waals surface area contributed by atoms with Gasteiger partial charge in [0.05, 0.1) is 12.7 Å². The van der Waals surface area contributed by atoms with E-state index in [1.54, 1.807) is 6.07 Å². The highest BCUT2D eigenvalue weighted by Crippen LogP contribution is 2.14. The third-order valence-corrected chi connectivity index (χ3v) is 2.61. The van der Waals surface area contributed by atoms with Crippen LogP contribution in [0.3, 0.4) is 0 Å². The maximum atomic E-state index is 13.0. The number of nitrogens with two attached hydrogens (primary N) is 1. The molecule has 16 heavy (non-hydrogen) atoms. The fourth-order valence-corrected chi connectivity index (χ4v) is 1.65. The molecule has 1 unspecified atom stereocenters. The third-order valence-electron chi connectivity index (χ3n) is 2.61. The van der Waals surface area contributed by atoms with E-state index in [0.717, 1.165) is 24.0 Å². The molecule has 0 spiro atoms. The molecular weight excluding hydrogens is 205 g/mol. The zero-order chi connectivity index (χ0) is 12.0. The molecule has 0 aliphatic heterocycles. The smallest absolute Gasteiger partial charge is 0.123 e. The molecule has 1 atom stereocenters. The van der Waals surface area contributed by atoms with Gasteiger partial charge in [-0.15, -0.1) is 0 Å². The second kappa shape index (κ2) is 6.61. The Morgan fingerprint density at radius 3 is 2.75 bits per heavy atom. The number of halogens is 1. The summed E-state index contributed by atoms with van der Waals surface area (Å²) in [6.45, 7) is 5.03. The summed E-state index contributed by atoms with van der Waals surface area (Å²) in [7, 11) is 0. The Bertz CT molecular complexity index is 328. The second-order valence-corrected chi connectivity index (χ2v) is 4.03. The van der Waals surface area contributed by atoms with Crippen molar-refractivity contribution < 1.29 is 9.13 Å². The van der Waals surface area contributed by atoms with Crippen molar-refractivity contribution >= 4 is 0 Å². The Kier molecular flexibility index (Phi) is 5.43. The maximum Gasteiger partial charge on any atom is 0.123 e. The molecule has 0 amide bonds. The predicted molar refractivity (Wildman–Crippen MR) is 63.5 cm³/mol. The van der Waals surface area contributed by atoms with Gasteiger partial charge in [0.15, 0.2) is 0 Å². The zero-order valence-corrected chi connectivity index (χ0v) is 10.0. The van der Waals surface area contributed by atoms with E-state index in [4.69, 9.17) is 10.5 Å². The summed E-state index contributed by atoms with van der Waals surface area (Å²) < 4.78 is 18.6. The van der Waals surface area contributed by atoms with E-state index in [2.05, 4.69) is 13.8 Å². The number of rotatable bonds is 6. The van der Waals surface area contributed by atoms with Gasteiger partial charge in [-0.1, -0.05) is 19.4 Å². The lowest BCUT2D eigenvalue weighted by Crippen LogP contribution is -2.10. The predicted octanol–water partition coefficient (Wildman–Crippen LogP) is 2.99. The van der Waals surface area contributed by atoms with Gasteiger partial charge in [-0.05, 0) is 36.6 Å². The van der Waals surface area contributed by atoms with Crippen LogP contribution >= 0.6 is 0 Å². The van der Waals surface area contributed by atoms with Crippen LogP contribution in [0.4, 0.5) is 4.39 Å². The standard InChI is InChI=1S/C13H20FNO/c1-3-4-10(2)16-9-11-5-6-13(14)7-12(11)8-15/h5-7,10H,3-4,8-9,15H2,1-2H3. The highest BCUT2D eigenvalue weighted by molar-refractivity contribution is 5.27. The van der Waals surface area contributed by atoms with E-state index >= 15 is 0 Å². The number of hydrogen-bond donors (Lipinski definition) is 1. The van der Waals surface area contributed by atoms with E-state index in [1.807, 2.05) is 0 Å². The summed E-state index contributed by atoms with van der Waals surface area (Å²) in [5.74, 6) is -0.245. The molecular formula is C13H20FNO. The van der Waals surface area contributed by atoms with Gasteiger partial charge in [-0.25, -0.2) is 4.39 Å². The molecule has 2 N–H and O–H groups in total. The van der Waals surface area contributed by atoms with Crippen LogP contribution in [0, 0.1) is 5.82 Å². The summed E-state index contributed by atoms with van der Waals surface area (Å²) in [4.78, 5) is 0. The van der Waals surface area contributed by atoms with Crippen molar-refractivity contribution in [3.8, 4) is 0 Å². The molecule has 2 nitrogen and oxygen atoms in total. The maximum absolute atomic E-state index is 13.0. The van der Waals surface area contributed by atoms with Crippen LogP contribution in [-0.4, -0.2) is 6.10 Å². The van der Waals surface area contributed by atoms with Crippen LogP contribution in [0.15, 0.2) is 18.2 Å². The summed E-state index contributed by atoms with van der Waals surface area (Å²) in [6.07, 6.45) is 2.38. The van der Waals surface area contributed by atoms with Crippen molar-refractivity contribution in [3.05, 3.63) is 35.1 Å².